The number of aliphatic hydroxyl groups is 11. The molecule has 3 aliphatic rings. The largest absolute Gasteiger partial charge is 0.394 e. The lowest BCUT2D eigenvalue weighted by Crippen LogP contribution is -2.66. The molecule has 12 N–H and O–H groups in total. The quantitative estimate of drug-likeness (QED) is 0.0314. The highest BCUT2D eigenvalue weighted by molar-refractivity contribution is 5.76. The fourth-order valence-corrected chi connectivity index (χ4v) is 9.01. The van der Waals surface area contributed by atoms with E-state index in [1.165, 1.54) is 83.5 Å². The number of hydrogen-bond acceptors (Lipinski definition) is 18. The summed E-state index contributed by atoms with van der Waals surface area (Å²) in [6, 6.07) is -0.982. The van der Waals surface area contributed by atoms with Gasteiger partial charge in [0.05, 0.1) is 38.6 Å². The van der Waals surface area contributed by atoms with Crippen LogP contribution in [0.3, 0.4) is 0 Å². The SMILES string of the molecule is CCCC/C=C/CC/C=C/C(O)C(COC1OC(CO)C(OC2OC(CO)C(OC3OC(CO)C(O)C(O)C3O)C(O)C2O)C(O)C1O)NC(=O)CCCCCCCCCCCCCCCCCCC. The highest BCUT2D eigenvalue weighted by atomic mass is 16.8. The van der Waals surface area contributed by atoms with Gasteiger partial charge in [-0.2, -0.15) is 0 Å². The first kappa shape index (κ1) is 62.6. The molecule has 0 saturated carbocycles. The minimum Gasteiger partial charge on any atom is -0.394 e. The predicted octanol–water partition coefficient (Wildman–Crippen LogP) is 2.42. The highest BCUT2D eigenvalue weighted by Crippen LogP contribution is 2.33. The number of rotatable bonds is 37. The van der Waals surface area contributed by atoms with Gasteiger partial charge in [0.1, 0.15) is 73.2 Å². The van der Waals surface area contributed by atoms with Crippen molar-refractivity contribution in [2.45, 2.75) is 266 Å². The first-order valence-electron chi connectivity index (χ1n) is 26.6. The van der Waals surface area contributed by atoms with Gasteiger partial charge in [-0.05, 0) is 25.7 Å². The summed E-state index contributed by atoms with van der Waals surface area (Å²) in [6.07, 6.45) is 6.40. The second-order valence-corrected chi connectivity index (χ2v) is 19.3. The molecular formula is C51H93NO18. The van der Waals surface area contributed by atoms with Crippen molar-refractivity contribution >= 4 is 5.91 Å². The molecule has 19 heteroatoms. The van der Waals surface area contributed by atoms with Crippen LogP contribution >= 0.6 is 0 Å². The van der Waals surface area contributed by atoms with E-state index in [0.717, 1.165) is 44.9 Å². The molecule has 70 heavy (non-hydrogen) atoms. The Morgan fingerprint density at radius 1 is 0.500 bits per heavy atom. The van der Waals surface area contributed by atoms with Crippen LogP contribution in [0.25, 0.3) is 0 Å². The fourth-order valence-electron chi connectivity index (χ4n) is 9.01. The molecule has 19 nitrogen and oxygen atoms in total. The van der Waals surface area contributed by atoms with E-state index in [-0.39, 0.29) is 18.9 Å². The molecule has 3 fully saturated rings. The Kier molecular flexibility index (Phi) is 32.4. The van der Waals surface area contributed by atoms with Gasteiger partial charge in [0, 0.05) is 6.42 Å². The maximum absolute atomic E-state index is 13.2. The van der Waals surface area contributed by atoms with E-state index in [9.17, 15) is 61.0 Å². The van der Waals surface area contributed by atoms with E-state index < -0.39 is 124 Å². The van der Waals surface area contributed by atoms with Crippen LogP contribution in [0.2, 0.25) is 0 Å². The summed E-state index contributed by atoms with van der Waals surface area (Å²) >= 11 is 0. The van der Waals surface area contributed by atoms with Gasteiger partial charge in [-0.1, -0.05) is 154 Å². The maximum Gasteiger partial charge on any atom is 0.220 e. The van der Waals surface area contributed by atoms with Crippen molar-refractivity contribution in [3.8, 4) is 0 Å². The first-order valence-corrected chi connectivity index (χ1v) is 26.6. The molecule has 17 atom stereocenters. The number of unbranched alkanes of at least 4 members (excludes halogenated alkanes) is 19. The lowest BCUT2D eigenvalue weighted by atomic mass is 9.96. The first-order chi connectivity index (χ1) is 33.8. The average molecular weight is 1010 g/mol. The van der Waals surface area contributed by atoms with Gasteiger partial charge < -0.3 is 89.9 Å². The van der Waals surface area contributed by atoms with Crippen LogP contribution in [0.15, 0.2) is 24.3 Å². The smallest absolute Gasteiger partial charge is 0.220 e. The van der Waals surface area contributed by atoms with Crippen LogP contribution in [0, 0.1) is 0 Å². The van der Waals surface area contributed by atoms with E-state index in [1.54, 1.807) is 6.08 Å². The Labute approximate surface area is 416 Å². The number of amides is 1. The van der Waals surface area contributed by atoms with Gasteiger partial charge in [0.2, 0.25) is 5.91 Å². The molecule has 3 aliphatic heterocycles. The lowest BCUT2D eigenvalue weighted by Gasteiger charge is -2.48. The summed E-state index contributed by atoms with van der Waals surface area (Å²) in [5, 5.41) is 119. The number of carbonyl (C=O) groups excluding carboxylic acids is 1. The third-order valence-corrected chi connectivity index (χ3v) is 13.5. The van der Waals surface area contributed by atoms with E-state index >= 15 is 0 Å². The van der Waals surface area contributed by atoms with Crippen LogP contribution in [0.1, 0.15) is 162 Å². The molecule has 0 aromatic heterocycles. The Morgan fingerprint density at radius 2 is 0.914 bits per heavy atom. The number of allylic oxidation sites excluding steroid dienone is 3. The summed E-state index contributed by atoms with van der Waals surface area (Å²) in [4.78, 5) is 13.2. The van der Waals surface area contributed by atoms with E-state index in [2.05, 4.69) is 31.3 Å². The Bertz CT molecular complexity index is 1390. The molecule has 3 heterocycles. The number of nitrogens with one attached hydrogen (secondary N) is 1. The zero-order valence-corrected chi connectivity index (χ0v) is 42.0. The Morgan fingerprint density at radius 3 is 1.41 bits per heavy atom. The molecular weight excluding hydrogens is 915 g/mol. The van der Waals surface area contributed by atoms with Crippen molar-refractivity contribution in [1.82, 2.24) is 5.32 Å². The molecule has 0 aromatic carbocycles. The second kappa shape index (κ2) is 36.3. The molecule has 3 rings (SSSR count). The zero-order valence-electron chi connectivity index (χ0n) is 42.0. The maximum atomic E-state index is 13.2. The molecule has 0 aliphatic carbocycles. The minimum absolute atomic E-state index is 0.239. The Balaban J connectivity index is 1.51. The topological polar surface area (TPSA) is 307 Å². The van der Waals surface area contributed by atoms with Crippen LogP contribution in [-0.4, -0.2) is 193 Å². The second-order valence-electron chi connectivity index (χ2n) is 19.3. The molecule has 0 spiro atoms. The summed E-state index contributed by atoms with van der Waals surface area (Å²) < 4.78 is 34.0. The molecule has 1 amide bonds. The van der Waals surface area contributed by atoms with Gasteiger partial charge >= 0.3 is 0 Å². The Hall–Kier alpha value is -1.73. The summed E-state index contributed by atoms with van der Waals surface area (Å²) in [6.45, 7) is 1.59. The van der Waals surface area contributed by atoms with Crippen LogP contribution < -0.4 is 5.32 Å². The number of hydrogen-bond donors (Lipinski definition) is 12. The normalized spacial score (nSPS) is 32.7. The van der Waals surface area contributed by atoms with Gasteiger partial charge in [-0.25, -0.2) is 0 Å². The standard InChI is InChI=1S/C51H93NO18/c1-3-5-7-9-11-13-14-15-16-17-18-19-20-21-23-25-27-29-39(57)52-34(35(56)28-26-24-22-12-10-8-6-4-2)33-65-49-45(63)42(60)47(37(31-54)67-49)70-51-46(64)43(61)48(38(32-55)68-51)69-50-44(62)41(59)40(58)36(30-53)66-50/h10,12,26,28,34-38,40-51,53-56,58-64H,3-9,11,13-25,27,29-33H2,1-2H3,(H,52,57)/b12-10+,28-26+. The highest BCUT2D eigenvalue weighted by Gasteiger charge is 2.53. The van der Waals surface area contributed by atoms with Gasteiger partial charge in [0.25, 0.3) is 0 Å². The molecule has 17 unspecified atom stereocenters. The average Bonchev–Trinajstić information content (AvgIpc) is 3.35. The molecule has 0 aromatic rings. The summed E-state index contributed by atoms with van der Waals surface area (Å²) in [5.74, 6) is -0.289. The summed E-state index contributed by atoms with van der Waals surface area (Å²) in [5.41, 5.74) is 0. The lowest BCUT2D eigenvalue weighted by molar-refractivity contribution is -0.379. The molecule has 410 valence electrons. The van der Waals surface area contributed by atoms with E-state index in [0.29, 0.717) is 12.8 Å². The monoisotopic (exact) mass is 1010 g/mol. The van der Waals surface area contributed by atoms with Gasteiger partial charge in [0.15, 0.2) is 18.9 Å². The number of aliphatic hydroxyl groups excluding tert-OH is 11. The molecule has 3 saturated heterocycles. The van der Waals surface area contributed by atoms with E-state index in [1.807, 2.05) is 6.08 Å². The van der Waals surface area contributed by atoms with Crippen LogP contribution in [0.5, 0.6) is 0 Å². The van der Waals surface area contributed by atoms with Crippen molar-refractivity contribution in [2.24, 2.45) is 0 Å². The zero-order chi connectivity index (χ0) is 51.3. The minimum atomic E-state index is -1.98. The van der Waals surface area contributed by atoms with E-state index in [4.69, 9.17) is 28.4 Å². The van der Waals surface area contributed by atoms with Gasteiger partial charge in [-0.15, -0.1) is 0 Å². The third kappa shape index (κ3) is 21.6. The predicted molar refractivity (Wildman–Crippen MR) is 259 cm³/mol. The van der Waals surface area contributed by atoms with Crippen molar-refractivity contribution < 1.29 is 89.4 Å². The number of carbonyl (C=O) groups is 1. The van der Waals surface area contributed by atoms with Crippen molar-refractivity contribution in [2.75, 3.05) is 26.4 Å². The molecule has 0 radical (unpaired) electrons. The number of ether oxygens (including phenoxy) is 6. The molecule has 0 bridgehead atoms. The van der Waals surface area contributed by atoms with Crippen molar-refractivity contribution in [3.05, 3.63) is 24.3 Å². The van der Waals surface area contributed by atoms with Crippen molar-refractivity contribution in [3.63, 3.8) is 0 Å². The van der Waals surface area contributed by atoms with Crippen molar-refractivity contribution in [1.29, 1.82) is 0 Å². The van der Waals surface area contributed by atoms with Gasteiger partial charge in [-0.3, -0.25) is 4.79 Å². The van der Waals surface area contributed by atoms with Crippen LogP contribution in [0.4, 0.5) is 0 Å². The fraction of sp³-hybridized carbons (Fsp3) is 0.902. The van der Waals surface area contributed by atoms with Crippen LogP contribution in [-0.2, 0) is 33.2 Å². The summed E-state index contributed by atoms with van der Waals surface area (Å²) in [7, 11) is 0. The third-order valence-electron chi connectivity index (χ3n) is 13.5.